The highest BCUT2D eigenvalue weighted by atomic mass is 16.6. The first-order chi connectivity index (χ1) is 23.3. The Morgan fingerprint density at radius 2 is 1.33 bits per heavy atom. The minimum atomic E-state index is -1.07. The monoisotopic (exact) mass is 670 g/mol. The third-order valence-corrected chi connectivity index (χ3v) is 6.69. The summed E-state index contributed by atoms with van der Waals surface area (Å²) in [5.74, 6) is -1.87. The number of alkyl carbamates (subject to hydrolysis) is 1. The first kappa shape index (κ1) is 38.5. The normalized spacial score (nSPS) is 10.5. The second-order valence-electron chi connectivity index (χ2n) is 10.1. The lowest BCUT2D eigenvalue weighted by atomic mass is 10.1. The molecule has 258 valence electrons. The van der Waals surface area contributed by atoms with E-state index in [4.69, 9.17) is 9.47 Å². The summed E-state index contributed by atoms with van der Waals surface area (Å²) in [7, 11) is 0. The van der Waals surface area contributed by atoms with Gasteiger partial charge in [-0.25, -0.2) is 52.3 Å². The van der Waals surface area contributed by atoms with Gasteiger partial charge >= 0.3 is 29.1 Å². The van der Waals surface area contributed by atoms with E-state index in [-0.39, 0.29) is 31.9 Å². The van der Waals surface area contributed by atoms with Crippen molar-refractivity contribution in [2.75, 3.05) is 26.3 Å². The van der Waals surface area contributed by atoms with E-state index in [1.54, 1.807) is 18.2 Å². The summed E-state index contributed by atoms with van der Waals surface area (Å²) in [6.45, 7) is 0.105. The Kier molecular flexibility index (Phi) is 18.3. The molecular weight excluding hydrogens is 632 g/mol. The maximum Gasteiger partial charge on any atom is 0.407 e. The van der Waals surface area contributed by atoms with E-state index in [2.05, 4.69) is 20.0 Å². The van der Waals surface area contributed by atoms with Crippen molar-refractivity contribution in [2.24, 2.45) is 9.98 Å². The molecule has 0 aliphatic rings. The van der Waals surface area contributed by atoms with E-state index in [1.165, 1.54) is 24.3 Å². The molecule has 1 heterocycles. The fourth-order valence-electron chi connectivity index (χ4n) is 4.28. The van der Waals surface area contributed by atoms with Crippen LogP contribution in [0.1, 0.15) is 61.7 Å². The third-order valence-electron chi connectivity index (χ3n) is 6.69. The summed E-state index contributed by atoms with van der Waals surface area (Å²) >= 11 is 0. The number of isocyanates is 2. The second-order valence-corrected chi connectivity index (χ2v) is 10.1. The van der Waals surface area contributed by atoms with Crippen molar-refractivity contribution in [1.82, 2.24) is 19.0 Å². The number of rotatable bonds is 23. The summed E-state index contributed by atoms with van der Waals surface area (Å²) in [5.41, 5.74) is -2.27. The number of ether oxygens (including phenoxy) is 3. The largest absolute Gasteiger partial charge is 0.494 e. The van der Waals surface area contributed by atoms with Crippen molar-refractivity contribution in [1.29, 1.82) is 0 Å². The van der Waals surface area contributed by atoms with E-state index in [9.17, 15) is 38.4 Å². The fourth-order valence-corrected chi connectivity index (χ4v) is 4.28. The Balaban J connectivity index is 1.67. The first-order valence-corrected chi connectivity index (χ1v) is 15.3. The molecule has 1 amide bonds. The predicted octanol–water partition coefficient (Wildman–Crippen LogP) is 1.56. The molecule has 1 aromatic heterocycles. The number of hydrogen-bond acceptors (Lipinski definition) is 13. The summed E-state index contributed by atoms with van der Waals surface area (Å²) in [6.07, 6.45) is 8.87. The summed E-state index contributed by atoms with van der Waals surface area (Å²) < 4.78 is 17.3. The number of Topliss-reactive ketones (excluding diaryl/α,β-unsaturated/α-hetero) is 1. The minimum absolute atomic E-state index is 0.0258. The number of nitrogens with zero attached hydrogens (tertiary/aromatic N) is 5. The lowest BCUT2D eigenvalue weighted by Crippen LogP contribution is -2.54. The molecule has 0 saturated heterocycles. The number of aromatic nitrogens is 3. The summed E-state index contributed by atoms with van der Waals surface area (Å²) in [5, 5.41) is 2.58. The summed E-state index contributed by atoms with van der Waals surface area (Å²) in [4.78, 5) is 102. The van der Waals surface area contributed by atoms with Crippen LogP contribution < -0.4 is 22.4 Å². The van der Waals surface area contributed by atoms with Gasteiger partial charge in [0.25, 0.3) is 5.78 Å². The van der Waals surface area contributed by atoms with Crippen molar-refractivity contribution < 1.29 is 38.2 Å². The average molecular weight is 671 g/mol. The first-order valence-electron chi connectivity index (χ1n) is 15.3. The highest BCUT2D eigenvalue weighted by Crippen LogP contribution is 2.03. The number of benzene rings is 1. The van der Waals surface area contributed by atoms with Gasteiger partial charge in [-0.1, -0.05) is 56.0 Å². The number of carbonyl (C=O) groups is 3. The van der Waals surface area contributed by atoms with Crippen LogP contribution in [0, 0.1) is 0 Å². The molecule has 1 N–H and O–H groups in total. The predicted molar refractivity (Wildman–Crippen MR) is 169 cm³/mol. The van der Waals surface area contributed by atoms with E-state index < -0.39 is 41.6 Å². The fraction of sp³-hybridized carbons (Fsp3) is 0.484. The van der Waals surface area contributed by atoms with Crippen LogP contribution >= 0.6 is 0 Å². The quantitative estimate of drug-likeness (QED) is 0.0340. The Labute approximate surface area is 274 Å². The highest BCUT2D eigenvalue weighted by molar-refractivity contribution is 6.40. The lowest BCUT2D eigenvalue weighted by molar-refractivity contribution is -0.133. The maximum absolute atomic E-state index is 13.0. The van der Waals surface area contributed by atoms with Crippen LogP contribution in [-0.2, 0) is 48.4 Å². The Hall–Kier alpha value is -5.66. The molecule has 0 fully saturated rings. The molecule has 0 spiro atoms. The molecule has 2 rings (SSSR count). The molecular formula is C31H38N6O11. The average Bonchev–Trinajstić information content (AvgIpc) is 3.09. The molecule has 0 radical (unpaired) electrons. The van der Waals surface area contributed by atoms with E-state index in [0.717, 1.165) is 28.1 Å². The zero-order valence-corrected chi connectivity index (χ0v) is 26.4. The smallest absolute Gasteiger partial charge is 0.407 e. The standard InChI is InChI=1S/C31H38N6O11/c38-23-32-14-8-1-3-10-16-35-29(43)36(31(45)37(30(35)44)22-33-24-39)17-11-4-2-9-15-34-28(42)48-21-19-46-18-20-47-27(41)26(40)25-12-6-5-7-13-25/h5-7,12-13,18,20H,1-4,8-11,14-17,19,21-22H2,(H,34,42)/b20-18+. The third kappa shape index (κ3) is 13.8. The molecule has 0 unspecified atom stereocenters. The van der Waals surface area contributed by atoms with Crippen molar-refractivity contribution in [3.8, 4) is 0 Å². The van der Waals surface area contributed by atoms with Crippen LogP contribution in [0.2, 0.25) is 0 Å². The van der Waals surface area contributed by atoms with E-state index in [1.807, 2.05) is 0 Å². The van der Waals surface area contributed by atoms with Crippen LogP contribution in [0.25, 0.3) is 0 Å². The van der Waals surface area contributed by atoms with Gasteiger partial charge in [-0.05, 0) is 25.7 Å². The SMILES string of the molecule is O=C=NCCCCCCn1c(=O)n(CCCCCCNC(=O)OCCO/C=C/OC(=O)C(=O)c2ccccc2)c(=O)n(CN=C=O)c1=O. The summed E-state index contributed by atoms with van der Waals surface area (Å²) in [6, 6.07) is 7.92. The number of esters is 1. The molecule has 2 aromatic rings. The van der Waals surface area contributed by atoms with Gasteiger partial charge in [0.15, 0.2) is 0 Å². The highest BCUT2D eigenvalue weighted by Gasteiger charge is 2.17. The molecule has 17 nitrogen and oxygen atoms in total. The van der Waals surface area contributed by atoms with Crippen LogP contribution in [0.4, 0.5) is 4.79 Å². The van der Waals surface area contributed by atoms with Crippen molar-refractivity contribution >= 4 is 30.0 Å². The Morgan fingerprint density at radius 1 is 0.729 bits per heavy atom. The number of carbonyl (C=O) groups excluding carboxylic acids is 5. The van der Waals surface area contributed by atoms with Crippen LogP contribution in [0.3, 0.4) is 0 Å². The lowest BCUT2D eigenvalue weighted by Gasteiger charge is -2.13. The number of unbranched alkanes of at least 4 members (excludes halogenated alkanes) is 6. The molecule has 0 atom stereocenters. The van der Waals surface area contributed by atoms with Gasteiger partial charge in [0.05, 0.1) is 6.54 Å². The molecule has 48 heavy (non-hydrogen) atoms. The van der Waals surface area contributed by atoms with E-state index >= 15 is 0 Å². The molecule has 0 bridgehead atoms. The van der Waals surface area contributed by atoms with Gasteiger partial charge in [-0.3, -0.25) is 4.79 Å². The van der Waals surface area contributed by atoms with Gasteiger partial charge in [0.2, 0.25) is 12.2 Å². The zero-order valence-electron chi connectivity index (χ0n) is 26.4. The second kappa shape index (κ2) is 22.8. The van der Waals surface area contributed by atoms with Gasteiger partial charge in [-0.2, -0.15) is 4.99 Å². The van der Waals surface area contributed by atoms with Crippen molar-refractivity contribution in [3.63, 3.8) is 0 Å². The number of hydrogen-bond donors (Lipinski definition) is 1. The van der Waals surface area contributed by atoms with Gasteiger partial charge in [0.1, 0.15) is 32.4 Å². The van der Waals surface area contributed by atoms with Gasteiger partial charge < -0.3 is 19.5 Å². The minimum Gasteiger partial charge on any atom is -0.494 e. The van der Waals surface area contributed by atoms with Crippen LogP contribution in [-0.4, -0.2) is 70.0 Å². The zero-order chi connectivity index (χ0) is 35.0. The molecule has 0 aliphatic carbocycles. The number of nitrogens with one attached hydrogen (secondary N) is 1. The van der Waals surface area contributed by atoms with Crippen molar-refractivity contribution in [2.45, 2.75) is 71.1 Å². The molecule has 17 heteroatoms. The van der Waals surface area contributed by atoms with Crippen molar-refractivity contribution in [3.05, 3.63) is 79.9 Å². The van der Waals surface area contributed by atoms with Crippen LogP contribution in [0.5, 0.6) is 0 Å². The maximum atomic E-state index is 13.0. The Bertz CT molecular complexity index is 1650. The molecule has 1 aromatic carbocycles. The van der Waals surface area contributed by atoms with Gasteiger partial charge in [-0.15, -0.1) is 0 Å². The van der Waals surface area contributed by atoms with E-state index in [0.29, 0.717) is 62.6 Å². The van der Waals surface area contributed by atoms with Gasteiger partial charge in [0, 0.05) is 25.2 Å². The molecule has 0 aliphatic heterocycles. The topological polar surface area (TPSA) is 216 Å². The Morgan fingerprint density at radius 3 is 1.98 bits per heavy atom. The number of ketones is 1. The van der Waals surface area contributed by atoms with Crippen LogP contribution in [0.15, 0.2) is 67.2 Å². The number of amides is 1. The molecule has 0 saturated carbocycles. The number of aliphatic imine (C=N–C) groups is 2.